The molecule has 0 atom stereocenters. The van der Waals surface area contributed by atoms with Gasteiger partial charge in [0.25, 0.3) is 0 Å². The Balaban J connectivity index is 1.67. The lowest BCUT2D eigenvalue weighted by molar-refractivity contribution is 0.0970. The summed E-state index contributed by atoms with van der Waals surface area (Å²) in [7, 11) is -3.63. The molecule has 28 heavy (non-hydrogen) atoms. The monoisotopic (exact) mass is 400 g/mol. The van der Waals surface area contributed by atoms with Crippen LogP contribution in [0.25, 0.3) is 11.1 Å². The van der Waals surface area contributed by atoms with Crippen molar-refractivity contribution in [2.75, 3.05) is 13.1 Å². The van der Waals surface area contributed by atoms with E-state index in [1.165, 1.54) is 27.1 Å². The first-order chi connectivity index (χ1) is 13.5. The van der Waals surface area contributed by atoms with Crippen LogP contribution in [0.15, 0.2) is 62.6 Å². The lowest BCUT2D eigenvalue weighted by Crippen LogP contribution is -2.35. The van der Waals surface area contributed by atoms with E-state index in [1.54, 1.807) is 30.3 Å². The maximum atomic E-state index is 12.8. The average molecular weight is 400 g/mol. The molecule has 8 heteroatoms. The van der Waals surface area contributed by atoms with E-state index in [9.17, 15) is 18.0 Å². The molecular formula is C20H20N2O5S. The molecule has 1 aromatic heterocycles. The number of aromatic nitrogens is 1. The number of fused-ring (bicyclic) bond motifs is 1. The number of piperidine rings is 1. The summed E-state index contributed by atoms with van der Waals surface area (Å²) in [5, 5.41) is 0. The van der Waals surface area contributed by atoms with Crippen molar-refractivity contribution in [1.82, 2.24) is 8.87 Å². The number of ketones is 1. The fraction of sp³-hybridized carbons (Fsp3) is 0.300. The summed E-state index contributed by atoms with van der Waals surface area (Å²) >= 11 is 0. The summed E-state index contributed by atoms with van der Waals surface area (Å²) < 4.78 is 33.6. The van der Waals surface area contributed by atoms with Gasteiger partial charge in [-0.05, 0) is 25.0 Å². The maximum Gasteiger partial charge on any atom is 0.420 e. The van der Waals surface area contributed by atoms with Crippen molar-refractivity contribution in [2.45, 2.75) is 30.7 Å². The van der Waals surface area contributed by atoms with E-state index in [4.69, 9.17) is 4.42 Å². The molecule has 0 aliphatic carbocycles. The first kappa shape index (κ1) is 18.6. The predicted molar refractivity (Wildman–Crippen MR) is 104 cm³/mol. The van der Waals surface area contributed by atoms with Crippen LogP contribution in [0.2, 0.25) is 0 Å². The van der Waals surface area contributed by atoms with Crippen LogP contribution >= 0.6 is 0 Å². The van der Waals surface area contributed by atoms with Gasteiger partial charge >= 0.3 is 5.76 Å². The first-order valence-corrected chi connectivity index (χ1v) is 10.6. The summed E-state index contributed by atoms with van der Waals surface area (Å²) in [6, 6.07) is 13.0. The Labute approximate surface area is 162 Å². The van der Waals surface area contributed by atoms with Gasteiger partial charge in [0.1, 0.15) is 0 Å². The van der Waals surface area contributed by atoms with E-state index in [1.807, 2.05) is 0 Å². The number of carbonyl (C=O) groups is 1. The zero-order chi connectivity index (χ0) is 19.7. The largest absolute Gasteiger partial charge is 0.420 e. The van der Waals surface area contributed by atoms with Crippen molar-refractivity contribution < 1.29 is 17.6 Å². The van der Waals surface area contributed by atoms with Crippen LogP contribution in [-0.4, -0.2) is 36.2 Å². The van der Waals surface area contributed by atoms with Gasteiger partial charge in [-0.1, -0.05) is 36.8 Å². The number of hydrogen-bond donors (Lipinski definition) is 0. The Bertz CT molecular complexity index is 1170. The molecule has 1 fully saturated rings. The smallest absolute Gasteiger partial charge is 0.408 e. The molecule has 0 spiro atoms. The van der Waals surface area contributed by atoms with Gasteiger partial charge in [0.2, 0.25) is 10.0 Å². The second-order valence-corrected chi connectivity index (χ2v) is 8.78. The molecule has 2 heterocycles. The van der Waals surface area contributed by atoms with Gasteiger partial charge in [0.05, 0.1) is 17.0 Å². The minimum Gasteiger partial charge on any atom is -0.408 e. The fourth-order valence-corrected chi connectivity index (χ4v) is 5.00. The summed E-state index contributed by atoms with van der Waals surface area (Å²) in [6.45, 7) is 0.821. The highest BCUT2D eigenvalue weighted by Crippen LogP contribution is 2.24. The highest BCUT2D eigenvalue weighted by molar-refractivity contribution is 7.89. The normalized spacial score (nSPS) is 15.7. The number of nitrogens with zero attached hydrogens (tertiary/aromatic N) is 2. The third kappa shape index (κ3) is 3.41. The number of sulfonamides is 1. The number of hydrogen-bond acceptors (Lipinski definition) is 5. The van der Waals surface area contributed by atoms with Gasteiger partial charge in [-0.3, -0.25) is 9.36 Å². The lowest BCUT2D eigenvalue weighted by Gasteiger charge is -2.25. The van der Waals surface area contributed by atoms with Crippen molar-refractivity contribution in [3.05, 3.63) is 64.6 Å². The van der Waals surface area contributed by atoms with Crippen molar-refractivity contribution in [3.8, 4) is 0 Å². The molecule has 1 aliphatic heterocycles. The standard InChI is InChI=1S/C20H20N2O5S/c23-18(15-7-3-1-4-8-15)14-22-17-10-9-16(13-19(17)27-20(22)24)28(25,26)21-11-5-2-6-12-21/h1,3-4,7-10,13H,2,5-6,11-12,14H2. The maximum absolute atomic E-state index is 12.8. The molecule has 0 amide bonds. The number of rotatable bonds is 5. The SMILES string of the molecule is O=C(Cn1c(=O)oc2cc(S(=O)(=O)N3CCCCC3)ccc21)c1ccccc1. The summed E-state index contributed by atoms with van der Waals surface area (Å²) in [6.07, 6.45) is 2.71. The Hall–Kier alpha value is -2.71. The number of Topliss-reactive ketones (excluding diaryl/α,β-unsaturated/α-hetero) is 1. The van der Waals surface area contributed by atoms with Gasteiger partial charge in [0, 0.05) is 24.7 Å². The Morgan fingerprint density at radius 2 is 1.71 bits per heavy atom. The van der Waals surface area contributed by atoms with E-state index >= 15 is 0 Å². The quantitative estimate of drug-likeness (QED) is 0.614. The minimum absolute atomic E-state index is 0.0946. The molecule has 1 aliphatic rings. The van der Waals surface area contributed by atoms with Crippen LogP contribution in [0.3, 0.4) is 0 Å². The van der Waals surface area contributed by atoms with Gasteiger partial charge < -0.3 is 4.42 Å². The third-order valence-electron chi connectivity index (χ3n) is 4.99. The van der Waals surface area contributed by atoms with Crippen LogP contribution in [-0.2, 0) is 16.6 Å². The van der Waals surface area contributed by atoms with E-state index in [0.29, 0.717) is 24.2 Å². The first-order valence-electron chi connectivity index (χ1n) is 9.18. The zero-order valence-corrected chi connectivity index (χ0v) is 16.0. The molecule has 0 saturated carbocycles. The van der Waals surface area contributed by atoms with Crippen molar-refractivity contribution in [3.63, 3.8) is 0 Å². The van der Waals surface area contributed by atoms with Crippen molar-refractivity contribution >= 4 is 26.9 Å². The van der Waals surface area contributed by atoms with Crippen molar-refractivity contribution in [2.24, 2.45) is 0 Å². The second kappa shape index (κ2) is 7.37. The second-order valence-electron chi connectivity index (χ2n) is 6.84. The summed E-state index contributed by atoms with van der Waals surface area (Å²) in [5.74, 6) is -0.915. The van der Waals surface area contributed by atoms with Crippen LogP contribution < -0.4 is 5.76 Å². The summed E-state index contributed by atoms with van der Waals surface area (Å²) in [4.78, 5) is 24.8. The van der Waals surface area contributed by atoms with Gasteiger partial charge in [-0.15, -0.1) is 0 Å². The van der Waals surface area contributed by atoms with Crippen molar-refractivity contribution in [1.29, 1.82) is 0 Å². The molecule has 0 radical (unpaired) electrons. The molecule has 0 unspecified atom stereocenters. The van der Waals surface area contributed by atoms with Crippen LogP contribution in [0.1, 0.15) is 29.6 Å². The summed E-state index contributed by atoms with van der Waals surface area (Å²) in [5.41, 5.74) is 1.05. The van der Waals surface area contributed by atoms with Gasteiger partial charge in [-0.25, -0.2) is 13.2 Å². The Morgan fingerprint density at radius 3 is 2.43 bits per heavy atom. The fourth-order valence-electron chi connectivity index (χ4n) is 3.47. The highest BCUT2D eigenvalue weighted by Gasteiger charge is 2.27. The third-order valence-corrected chi connectivity index (χ3v) is 6.88. The molecule has 7 nitrogen and oxygen atoms in total. The number of carbonyl (C=O) groups excluding carboxylic acids is 1. The molecule has 1 saturated heterocycles. The minimum atomic E-state index is -3.63. The molecule has 2 aromatic carbocycles. The highest BCUT2D eigenvalue weighted by atomic mass is 32.2. The topological polar surface area (TPSA) is 89.6 Å². The number of benzene rings is 2. The van der Waals surface area contributed by atoms with E-state index < -0.39 is 15.8 Å². The molecule has 3 aromatic rings. The van der Waals surface area contributed by atoms with Gasteiger partial charge in [-0.2, -0.15) is 4.31 Å². The molecule has 146 valence electrons. The van der Waals surface area contributed by atoms with E-state index in [2.05, 4.69) is 0 Å². The van der Waals surface area contributed by atoms with E-state index in [-0.39, 0.29) is 22.8 Å². The zero-order valence-electron chi connectivity index (χ0n) is 15.2. The Morgan fingerprint density at radius 1 is 1.00 bits per heavy atom. The lowest BCUT2D eigenvalue weighted by atomic mass is 10.1. The molecule has 4 rings (SSSR count). The van der Waals surface area contributed by atoms with Crippen LogP contribution in [0.5, 0.6) is 0 Å². The molecule has 0 N–H and O–H groups in total. The average Bonchev–Trinajstić information content (AvgIpc) is 3.03. The van der Waals surface area contributed by atoms with E-state index in [0.717, 1.165) is 19.3 Å². The molecule has 0 bridgehead atoms. The van der Waals surface area contributed by atoms with Crippen LogP contribution in [0.4, 0.5) is 0 Å². The molecular weight excluding hydrogens is 380 g/mol. The Kier molecular flexibility index (Phi) is 4.91. The van der Waals surface area contributed by atoms with Gasteiger partial charge in [0.15, 0.2) is 11.4 Å². The predicted octanol–water partition coefficient (Wildman–Crippen LogP) is 2.65. The number of oxazole rings is 1. The van der Waals surface area contributed by atoms with Crippen LogP contribution in [0, 0.1) is 0 Å².